The van der Waals surface area contributed by atoms with Crippen molar-refractivity contribution in [3.63, 3.8) is 0 Å². The molecule has 0 heterocycles. The van der Waals surface area contributed by atoms with Gasteiger partial charge in [0.2, 0.25) is 0 Å². The second-order valence-corrected chi connectivity index (χ2v) is 9.78. The second kappa shape index (κ2) is 10.4. The first-order chi connectivity index (χ1) is 14.8. The van der Waals surface area contributed by atoms with Crippen LogP contribution in [0.2, 0.25) is 0 Å². The third kappa shape index (κ3) is 6.51. The highest BCUT2D eigenvalue weighted by molar-refractivity contribution is 7.90. The summed E-state index contributed by atoms with van der Waals surface area (Å²) in [6.45, 7) is 0.519. The minimum atomic E-state index is -3.41. The van der Waals surface area contributed by atoms with Crippen molar-refractivity contribution in [3.05, 3.63) is 102 Å². The fraction of sp³-hybridized carbons (Fsp3) is 0.240. The summed E-state index contributed by atoms with van der Waals surface area (Å²) in [5, 5.41) is 3.00. The molecule has 1 amide bonds. The number of carbonyl (C=O) groups is 1. The van der Waals surface area contributed by atoms with E-state index in [0.29, 0.717) is 22.6 Å². The molecule has 6 heteroatoms. The van der Waals surface area contributed by atoms with Crippen LogP contribution in [0.1, 0.15) is 21.5 Å². The summed E-state index contributed by atoms with van der Waals surface area (Å²) in [7, 11) is 0.590. The zero-order valence-corrected chi connectivity index (χ0v) is 18.7. The van der Waals surface area contributed by atoms with E-state index >= 15 is 0 Å². The number of nitrogens with one attached hydrogen (secondary N) is 1. The van der Waals surface area contributed by atoms with Crippen molar-refractivity contribution >= 4 is 15.7 Å². The molecule has 0 aliphatic rings. The van der Waals surface area contributed by atoms with E-state index in [1.54, 1.807) is 54.6 Å². The second-order valence-electron chi connectivity index (χ2n) is 7.79. The van der Waals surface area contributed by atoms with Crippen molar-refractivity contribution in [2.75, 3.05) is 20.6 Å². The van der Waals surface area contributed by atoms with E-state index in [-0.39, 0.29) is 17.7 Å². The van der Waals surface area contributed by atoms with Gasteiger partial charge in [-0.1, -0.05) is 60.7 Å². The number of sulfone groups is 1. The van der Waals surface area contributed by atoms with Crippen molar-refractivity contribution in [1.82, 2.24) is 10.2 Å². The standard InChI is InChI=1S/C25H28N2O3S/c1-27(2)23(17-20-9-5-3-6-10-20)18-26-25(28)22-15-13-21(14-16-22)19-31(29,30)24-11-7-4-8-12-24/h3-16,23H,17-19H2,1-2H3,(H,26,28). The first kappa shape index (κ1) is 22.7. The first-order valence-electron chi connectivity index (χ1n) is 10.2. The van der Waals surface area contributed by atoms with Crippen LogP contribution in [0.3, 0.4) is 0 Å². The van der Waals surface area contributed by atoms with Gasteiger partial charge in [0.25, 0.3) is 5.91 Å². The van der Waals surface area contributed by atoms with Crippen LogP contribution >= 0.6 is 0 Å². The van der Waals surface area contributed by atoms with E-state index in [4.69, 9.17) is 0 Å². The molecule has 31 heavy (non-hydrogen) atoms. The fourth-order valence-electron chi connectivity index (χ4n) is 3.32. The molecule has 0 fully saturated rings. The van der Waals surface area contributed by atoms with Gasteiger partial charge in [0.15, 0.2) is 9.84 Å². The van der Waals surface area contributed by atoms with Crippen molar-refractivity contribution in [2.45, 2.75) is 23.1 Å². The quantitative estimate of drug-likeness (QED) is 0.557. The SMILES string of the molecule is CN(C)C(CNC(=O)c1ccc(CS(=O)(=O)c2ccccc2)cc1)Cc1ccccc1. The van der Waals surface area contributed by atoms with E-state index < -0.39 is 9.84 Å². The number of rotatable bonds is 9. The average molecular weight is 437 g/mol. The highest BCUT2D eigenvalue weighted by Crippen LogP contribution is 2.16. The Bertz CT molecular complexity index is 1080. The van der Waals surface area contributed by atoms with Gasteiger partial charge in [-0.25, -0.2) is 8.42 Å². The van der Waals surface area contributed by atoms with Gasteiger partial charge in [-0.15, -0.1) is 0 Å². The number of carbonyl (C=O) groups excluding carboxylic acids is 1. The predicted molar refractivity (Wildman–Crippen MR) is 124 cm³/mol. The molecular weight excluding hydrogens is 408 g/mol. The average Bonchev–Trinajstić information content (AvgIpc) is 2.78. The summed E-state index contributed by atoms with van der Waals surface area (Å²) < 4.78 is 25.1. The van der Waals surface area contributed by atoms with Gasteiger partial charge >= 0.3 is 0 Å². The van der Waals surface area contributed by atoms with E-state index in [9.17, 15) is 13.2 Å². The van der Waals surface area contributed by atoms with Crippen LogP contribution in [-0.4, -0.2) is 45.9 Å². The highest BCUT2D eigenvalue weighted by Gasteiger charge is 2.17. The third-order valence-electron chi connectivity index (χ3n) is 5.22. The zero-order chi connectivity index (χ0) is 22.3. The molecule has 0 radical (unpaired) electrons. The maximum Gasteiger partial charge on any atom is 0.251 e. The number of hydrogen-bond acceptors (Lipinski definition) is 4. The highest BCUT2D eigenvalue weighted by atomic mass is 32.2. The van der Waals surface area contributed by atoms with Gasteiger partial charge in [0.05, 0.1) is 10.6 Å². The number of nitrogens with zero attached hydrogens (tertiary/aromatic N) is 1. The lowest BCUT2D eigenvalue weighted by Crippen LogP contribution is -2.41. The van der Waals surface area contributed by atoms with E-state index in [0.717, 1.165) is 6.42 Å². The Labute approximate surface area is 184 Å². The Hall–Kier alpha value is -2.96. The van der Waals surface area contributed by atoms with Gasteiger partial charge in [-0.3, -0.25) is 4.79 Å². The Morgan fingerprint density at radius 3 is 2.00 bits per heavy atom. The Morgan fingerprint density at radius 1 is 0.839 bits per heavy atom. The van der Waals surface area contributed by atoms with Crippen molar-refractivity contribution < 1.29 is 13.2 Å². The van der Waals surface area contributed by atoms with Crippen molar-refractivity contribution in [1.29, 1.82) is 0 Å². The largest absolute Gasteiger partial charge is 0.350 e. The van der Waals surface area contributed by atoms with Crippen LogP contribution < -0.4 is 5.32 Å². The summed E-state index contributed by atoms with van der Waals surface area (Å²) in [5.41, 5.74) is 2.38. The lowest BCUT2D eigenvalue weighted by atomic mass is 10.0. The molecule has 3 aromatic carbocycles. The van der Waals surface area contributed by atoms with E-state index in [1.807, 2.05) is 32.3 Å². The number of benzene rings is 3. The molecule has 0 aromatic heterocycles. The topological polar surface area (TPSA) is 66.5 Å². The Morgan fingerprint density at radius 2 is 1.42 bits per heavy atom. The van der Waals surface area contributed by atoms with Crippen LogP contribution in [0.4, 0.5) is 0 Å². The maximum absolute atomic E-state index is 12.6. The zero-order valence-electron chi connectivity index (χ0n) is 17.9. The summed E-state index contributed by atoms with van der Waals surface area (Å²) >= 11 is 0. The van der Waals surface area contributed by atoms with Crippen LogP contribution in [0.25, 0.3) is 0 Å². The molecule has 0 bridgehead atoms. The minimum absolute atomic E-state index is 0.0985. The van der Waals surface area contributed by atoms with Crippen molar-refractivity contribution in [2.24, 2.45) is 0 Å². The summed E-state index contributed by atoms with van der Waals surface area (Å²) in [4.78, 5) is 15.0. The fourth-order valence-corrected chi connectivity index (χ4v) is 4.69. The Balaban J connectivity index is 1.59. The lowest BCUT2D eigenvalue weighted by molar-refractivity contribution is 0.0941. The molecule has 3 rings (SSSR count). The maximum atomic E-state index is 12.6. The van der Waals surface area contributed by atoms with E-state index in [2.05, 4.69) is 22.3 Å². The van der Waals surface area contributed by atoms with Gasteiger partial charge in [-0.05, 0) is 55.9 Å². The number of amides is 1. The van der Waals surface area contributed by atoms with Crippen LogP contribution in [-0.2, 0) is 22.0 Å². The molecule has 3 aromatic rings. The number of likely N-dealkylation sites (N-methyl/N-ethyl adjacent to an activating group) is 1. The smallest absolute Gasteiger partial charge is 0.251 e. The molecular formula is C25H28N2O3S. The molecule has 0 saturated carbocycles. The van der Waals surface area contributed by atoms with Crippen LogP contribution in [0.15, 0.2) is 89.8 Å². The molecule has 0 spiro atoms. The first-order valence-corrected chi connectivity index (χ1v) is 11.9. The molecule has 162 valence electrons. The summed E-state index contributed by atoms with van der Waals surface area (Å²) in [5.74, 6) is -0.268. The van der Waals surface area contributed by atoms with Crippen LogP contribution in [0, 0.1) is 0 Å². The summed E-state index contributed by atoms with van der Waals surface area (Å²) in [6, 6.07) is 25.5. The van der Waals surface area contributed by atoms with Gasteiger partial charge < -0.3 is 10.2 Å². The van der Waals surface area contributed by atoms with Gasteiger partial charge in [0, 0.05) is 18.2 Å². The molecule has 0 aliphatic carbocycles. The van der Waals surface area contributed by atoms with Gasteiger partial charge in [0.1, 0.15) is 0 Å². The number of hydrogen-bond donors (Lipinski definition) is 1. The molecule has 1 unspecified atom stereocenters. The summed E-state index contributed by atoms with van der Waals surface area (Å²) in [6.07, 6.45) is 0.838. The van der Waals surface area contributed by atoms with Crippen LogP contribution in [0.5, 0.6) is 0 Å². The van der Waals surface area contributed by atoms with Crippen molar-refractivity contribution in [3.8, 4) is 0 Å². The Kier molecular flexibility index (Phi) is 7.60. The molecule has 0 saturated heterocycles. The monoisotopic (exact) mass is 436 g/mol. The third-order valence-corrected chi connectivity index (χ3v) is 6.92. The molecule has 1 N–H and O–H groups in total. The molecule has 1 atom stereocenters. The molecule has 5 nitrogen and oxygen atoms in total. The minimum Gasteiger partial charge on any atom is -0.350 e. The normalized spacial score (nSPS) is 12.5. The molecule has 0 aliphatic heterocycles. The van der Waals surface area contributed by atoms with Gasteiger partial charge in [-0.2, -0.15) is 0 Å². The predicted octanol–water partition coefficient (Wildman–Crippen LogP) is 3.56. The lowest BCUT2D eigenvalue weighted by Gasteiger charge is -2.24. The van der Waals surface area contributed by atoms with E-state index in [1.165, 1.54) is 5.56 Å².